The SMILES string of the molecule is CC[C@H]1OC(=O)[C@H](C)[C@@H](OC2CC(C)(OC)C(O)C(C)O2)[C@H](C)[C@@H](OC2OC(C)CC(N(C)C)C2O)[C@](C)(OC)C[C@@H](C)C(=O)[C@H](C)[C@@H](O)[C@]1(C)O.O=C1C(=O)c2ccccc2C(O)=C1C1CCC(c2ccc(Cl)cc2)CC1. The fourth-order valence-corrected chi connectivity index (χ4v) is 12.9. The molecule has 78 heavy (non-hydrogen) atoms. The number of aliphatic hydroxyl groups excluding tert-OH is 4. The highest BCUT2D eigenvalue weighted by atomic mass is 35.5. The van der Waals surface area contributed by atoms with Gasteiger partial charge >= 0.3 is 5.97 Å². The van der Waals surface area contributed by atoms with Crippen molar-refractivity contribution in [2.45, 2.75) is 211 Å². The zero-order valence-electron chi connectivity index (χ0n) is 48.1. The van der Waals surface area contributed by atoms with Gasteiger partial charge in [0.05, 0.1) is 47.6 Å². The van der Waals surface area contributed by atoms with E-state index in [-0.39, 0.29) is 48.9 Å². The predicted molar refractivity (Wildman–Crippen MR) is 293 cm³/mol. The van der Waals surface area contributed by atoms with E-state index in [1.165, 1.54) is 26.7 Å². The number of likely N-dealkylation sites (N-methyl/N-ethyl adjacent to an activating group) is 1. The molecule has 5 aliphatic rings. The topological polar surface area (TPSA) is 237 Å². The first-order valence-corrected chi connectivity index (χ1v) is 28.2. The molecule has 18 heteroatoms. The Kier molecular flexibility index (Phi) is 21.2. The first-order chi connectivity index (χ1) is 36.5. The van der Waals surface area contributed by atoms with Gasteiger partial charge in [0, 0.05) is 66.2 Å². The van der Waals surface area contributed by atoms with E-state index in [9.17, 15) is 44.7 Å². The number of ether oxygens (including phenoxy) is 7. The molecule has 436 valence electrons. The number of nitrogens with zero attached hydrogens (tertiary/aromatic N) is 1. The van der Waals surface area contributed by atoms with Crippen molar-refractivity contribution >= 4 is 40.7 Å². The van der Waals surface area contributed by atoms with Gasteiger partial charge < -0.3 is 63.6 Å². The van der Waals surface area contributed by atoms with E-state index in [0.29, 0.717) is 29.0 Å². The Morgan fingerprint density at radius 3 is 1.91 bits per heavy atom. The van der Waals surface area contributed by atoms with E-state index in [0.717, 1.165) is 30.7 Å². The van der Waals surface area contributed by atoms with Gasteiger partial charge in [0.25, 0.3) is 0 Å². The number of hydrogen-bond donors (Lipinski definition) is 5. The molecule has 3 heterocycles. The molecule has 8 unspecified atom stereocenters. The zero-order valence-corrected chi connectivity index (χ0v) is 48.9. The van der Waals surface area contributed by atoms with Gasteiger partial charge in [0.1, 0.15) is 35.5 Å². The minimum atomic E-state index is -1.96. The fourth-order valence-electron chi connectivity index (χ4n) is 12.8. The molecular weight excluding hydrogens is 1030 g/mol. The maximum atomic E-state index is 14.2. The van der Waals surface area contributed by atoms with E-state index in [1.807, 2.05) is 45.0 Å². The molecule has 17 nitrogen and oxygen atoms in total. The van der Waals surface area contributed by atoms with Gasteiger partial charge in [0.15, 0.2) is 12.6 Å². The van der Waals surface area contributed by atoms with Crippen molar-refractivity contribution in [3.05, 3.63) is 75.8 Å². The van der Waals surface area contributed by atoms with Crippen molar-refractivity contribution in [3.8, 4) is 0 Å². The Labute approximate surface area is 466 Å². The number of rotatable bonds is 10. The molecule has 0 bridgehead atoms. The van der Waals surface area contributed by atoms with Gasteiger partial charge in [0.2, 0.25) is 11.6 Å². The van der Waals surface area contributed by atoms with Gasteiger partial charge in [-0.05, 0) is 130 Å². The highest BCUT2D eigenvalue weighted by Gasteiger charge is 2.54. The Morgan fingerprint density at radius 2 is 1.33 bits per heavy atom. The Hall–Kier alpha value is -3.69. The van der Waals surface area contributed by atoms with Gasteiger partial charge in [-0.2, -0.15) is 0 Å². The number of cyclic esters (lactones) is 1. The van der Waals surface area contributed by atoms with Crippen molar-refractivity contribution < 1.29 is 77.9 Å². The Balaban J connectivity index is 0.000000312. The Morgan fingerprint density at radius 1 is 0.744 bits per heavy atom. The number of fused-ring (bicyclic) bond motifs is 1. The number of Topliss-reactive ketones (excluding diaryl/α,β-unsaturated/α-hetero) is 3. The van der Waals surface area contributed by atoms with E-state index >= 15 is 0 Å². The second-order valence-electron chi connectivity index (χ2n) is 23.7. The lowest BCUT2D eigenvalue weighted by atomic mass is 9.72. The van der Waals surface area contributed by atoms with Crippen LogP contribution < -0.4 is 0 Å². The van der Waals surface area contributed by atoms with Crippen LogP contribution in [0.25, 0.3) is 5.76 Å². The second-order valence-corrected chi connectivity index (χ2v) is 24.1. The van der Waals surface area contributed by atoms with Crippen LogP contribution in [0.15, 0.2) is 54.1 Å². The molecule has 3 aliphatic heterocycles. The molecular formula is C60H88ClNO16. The van der Waals surface area contributed by atoms with Crippen LogP contribution in [0.5, 0.6) is 0 Å². The number of aliphatic hydroxyl groups is 5. The van der Waals surface area contributed by atoms with E-state index in [4.69, 9.17) is 44.8 Å². The number of ketones is 3. The standard InChI is InChI=1S/C38H69NO13.C22H19ClO3/c1-15-26-38(10,45)31(42)21(4)28(40)19(2)17-37(9,47-14)33(52-35-29(41)25(39(11)12)16-20(3)48-35)22(5)30(23(6)34(44)50-26)51-27-18-36(8,46-13)32(43)24(7)49-27;23-16-11-9-14(10-12-16)13-5-7-15(8-6-13)19-20(24)17-3-1-2-4-18(17)21(25)22(19)26/h19-27,29-33,35,41-43,45H,15-18H2,1-14H3;1-4,9-13,15,24H,5-8H2/t19-,20?,21+,22+,23-,24?,25?,26-,27?,29?,30+,31-,32?,33-,35?,36?,37-,38-;/m1./s1. The number of halogens is 1. The molecule has 0 aromatic heterocycles. The van der Waals surface area contributed by atoms with E-state index in [1.54, 1.807) is 72.7 Å². The van der Waals surface area contributed by atoms with Gasteiger partial charge in [-0.3, -0.25) is 19.2 Å². The van der Waals surface area contributed by atoms with E-state index < -0.39 is 113 Å². The molecule has 2 aromatic rings. The average molecular weight is 1110 g/mol. The summed E-state index contributed by atoms with van der Waals surface area (Å²) in [6.45, 7) is 17.1. The molecule has 0 radical (unpaired) electrons. The number of carbonyl (C=O) groups excluding carboxylic acids is 4. The third kappa shape index (κ3) is 13.5. The van der Waals surface area contributed by atoms with Crippen LogP contribution in [0.4, 0.5) is 0 Å². The second kappa shape index (κ2) is 26.0. The molecule has 2 aliphatic carbocycles. The summed E-state index contributed by atoms with van der Waals surface area (Å²) in [5, 5.41) is 56.9. The molecule has 7 rings (SSSR count). The van der Waals surface area contributed by atoms with E-state index in [2.05, 4.69) is 12.1 Å². The summed E-state index contributed by atoms with van der Waals surface area (Å²) >= 11 is 5.96. The number of allylic oxidation sites excluding steroid dienone is 1. The maximum absolute atomic E-state index is 14.2. The first kappa shape index (κ1) is 63.5. The van der Waals surface area contributed by atoms with Crippen molar-refractivity contribution in [1.82, 2.24) is 4.90 Å². The first-order valence-electron chi connectivity index (χ1n) is 27.8. The number of hydrogen-bond acceptors (Lipinski definition) is 17. The van der Waals surface area contributed by atoms with Crippen molar-refractivity contribution in [3.63, 3.8) is 0 Å². The van der Waals surface area contributed by atoms with Crippen LogP contribution in [-0.2, 0) is 47.5 Å². The smallest absolute Gasteiger partial charge is 0.311 e. The van der Waals surface area contributed by atoms with Crippen LogP contribution in [0.3, 0.4) is 0 Å². The van der Waals surface area contributed by atoms with Gasteiger partial charge in [-0.1, -0.05) is 75.7 Å². The molecule has 4 fully saturated rings. The third-order valence-corrected chi connectivity index (χ3v) is 18.1. The largest absolute Gasteiger partial charge is 0.507 e. The van der Waals surface area contributed by atoms with Crippen LogP contribution in [-0.4, -0.2) is 166 Å². The van der Waals surface area contributed by atoms with Crippen molar-refractivity contribution in [2.75, 3.05) is 28.3 Å². The molecule has 0 spiro atoms. The lowest BCUT2D eigenvalue weighted by Crippen LogP contribution is -2.61. The minimum absolute atomic E-state index is 0.0138. The number of esters is 1. The quantitative estimate of drug-likeness (QED) is 0.113. The predicted octanol–water partition coefficient (Wildman–Crippen LogP) is 7.79. The Bertz CT molecular complexity index is 2420. The lowest BCUT2D eigenvalue weighted by Gasteiger charge is -2.50. The number of benzene rings is 2. The summed E-state index contributed by atoms with van der Waals surface area (Å²) in [5.41, 5.74) is -1.91. The lowest BCUT2D eigenvalue weighted by molar-refractivity contribution is -0.319. The normalized spacial score (nSPS) is 40.4. The monoisotopic (exact) mass is 1110 g/mol. The highest BCUT2D eigenvalue weighted by molar-refractivity contribution is 6.52. The molecule has 3 saturated heterocycles. The molecule has 2 aromatic carbocycles. The third-order valence-electron chi connectivity index (χ3n) is 17.9. The van der Waals surface area contributed by atoms with Crippen molar-refractivity contribution in [2.24, 2.45) is 29.6 Å². The zero-order chi connectivity index (χ0) is 57.9. The summed E-state index contributed by atoms with van der Waals surface area (Å²) < 4.78 is 43.9. The number of carbonyl (C=O) groups is 4. The highest BCUT2D eigenvalue weighted by Crippen LogP contribution is 2.45. The minimum Gasteiger partial charge on any atom is -0.507 e. The van der Waals surface area contributed by atoms with Crippen LogP contribution in [0.1, 0.15) is 148 Å². The van der Waals surface area contributed by atoms with Crippen LogP contribution in [0.2, 0.25) is 5.02 Å². The van der Waals surface area contributed by atoms with Crippen molar-refractivity contribution in [1.29, 1.82) is 0 Å². The summed E-state index contributed by atoms with van der Waals surface area (Å²) in [6, 6.07) is 14.4. The molecule has 18 atom stereocenters. The fraction of sp³-hybridized carbons (Fsp3) is 0.700. The summed E-state index contributed by atoms with van der Waals surface area (Å²) in [6.07, 6.45) is -5.31. The summed E-state index contributed by atoms with van der Waals surface area (Å²) in [4.78, 5) is 55.1. The average Bonchev–Trinajstić information content (AvgIpc) is 3.48. The van der Waals surface area contributed by atoms with Gasteiger partial charge in [-0.15, -0.1) is 0 Å². The molecule has 1 saturated carbocycles. The molecule has 5 N–H and O–H groups in total. The summed E-state index contributed by atoms with van der Waals surface area (Å²) in [7, 11) is 6.77. The number of methoxy groups -OCH3 is 2. The van der Waals surface area contributed by atoms with Crippen LogP contribution >= 0.6 is 11.6 Å². The van der Waals surface area contributed by atoms with Gasteiger partial charge in [-0.25, -0.2) is 0 Å². The maximum Gasteiger partial charge on any atom is 0.311 e. The molecule has 0 amide bonds. The summed E-state index contributed by atoms with van der Waals surface area (Å²) in [5.74, 6) is -5.18. The van der Waals surface area contributed by atoms with Crippen LogP contribution in [0, 0.1) is 29.6 Å².